The van der Waals surface area contributed by atoms with Gasteiger partial charge < -0.3 is 19.7 Å². The molecule has 4 atom stereocenters. The standard InChI is InChI=1S/C10H21NO4/c1-4-9(12)15-7(2)10(13)11-5-6-14-8(11)3/h7-10,12-13H,4-6H2,1-3H3/t7?,8-,9?,10?/m1/s1. The van der Waals surface area contributed by atoms with Gasteiger partial charge in [0.05, 0.1) is 12.7 Å². The fraction of sp³-hybridized carbons (Fsp3) is 1.00. The predicted octanol–water partition coefficient (Wildman–Crippen LogP) is 0.117. The summed E-state index contributed by atoms with van der Waals surface area (Å²) in [6, 6.07) is 0. The van der Waals surface area contributed by atoms with Crippen LogP contribution in [-0.2, 0) is 9.47 Å². The minimum absolute atomic E-state index is 0.0928. The molecule has 5 nitrogen and oxygen atoms in total. The van der Waals surface area contributed by atoms with Crippen molar-refractivity contribution in [2.24, 2.45) is 0 Å². The van der Waals surface area contributed by atoms with E-state index < -0.39 is 18.6 Å². The molecule has 0 aromatic heterocycles. The minimum Gasteiger partial charge on any atom is -0.376 e. The van der Waals surface area contributed by atoms with Crippen molar-refractivity contribution in [3.8, 4) is 0 Å². The van der Waals surface area contributed by atoms with Gasteiger partial charge in [-0.25, -0.2) is 4.90 Å². The van der Waals surface area contributed by atoms with Crippen molar-refractivity contribution < 1.29 is 19.7 Å². The van der Waals surface area contributed by atoms with E-state index in [2.05, 4.69) is 0 Å². The number of ether oxygens (including phenoxy) is 2. The maximum absolute atomic E-state index is 9.94. The van der Waals surface area contributed by atoms with Crippen molar-refractivity contribution in [1.29, 1.82) is 0 Å². The quantitative estimate of drug-likeness (QED) is 0.643. The minimum atomic E-state index is -0.812. The van der Waals surface area contributed by atoms with Gasteiger partial charge >= 0.3 is 0 Å². The largest absolute Gasteiger partial charge is 0.376 e. The smallest absolute Gasteiger partial charge is 0.154 e. The molecule has 0 saturated carbocycles. The summed E-state index contributed by atoms with van der Waals surface area (Å²) in [5.74, 6) is 0. The van der Waals surface area contributed by atoms with Crippen molar-refractivity contribution in [2.75, 3.05) is 13.2 Å². The Morgan fingerprint density at radius 1 is 1.53 bits per heavy atom. The molecule has 0 bridgehead atoms. The van der Waals surface area contributed by atoms with Crippen molar-refractivity contribution in [2.45, 2.75) is 52.0 Å². The number of aliphatic hydroxyl groups is 2. The van der Waals surface area contributed by atoms with E-state index in [0.717, 1.165) is 0 Å². The van der Waals surface area contributed by atoms with Gasteiger partial charge in [0.1, 0.15) is 12.5 Å². The third-order valence-electron chi connectivity index (χ3n) is 2.66. The highest BCUT2D eigenvalue weighted by molar-refractivity contribution is 4.73. The summed E-state index contributed by atoms with van der Waals surface area (Å²) in [7, 11) is 0. The fourth-order valence-electron chi connectivity index (χ4n) is 1.64. The normalized spacial score (nSPS) is 29.0. The van der Waals surface area contributed by atoms with Crippen LogP contribution in [0.4, 0.5) is 0 Å². The van der Waals surface area contributed by atoms with Gasteiger partial charge in [-0.3, -0.25) is 0 Å². The van der Waals surface area contributed by atoms with Crippen LogP contribution in [0.1, 0.15) is 27.2 Å². The molecule has 0 aromatic rings. The van der Waals surface area contributed by atoms with Gasteiger partial charge in [-0.15, -0.1) is 0 Å². The molecule has 1 aliphatic heterocycles. The van der Waals surface area contributed by atoms with Crippen molar-refractivity contribution in [1.82, 2.24) is 4.90 Å². The topological polar surface area (TPSA) is 62.2 Å². The number of hydrogen-bond acceptors (Lipinski definition) is 5. The number of hydrogen-bond donors (Lipinski definition) is 2. The van der Waals surface area contributed by atoms with Crippen LogP contribution in [-0.4, -0.2) is 53.1 Å². The van der Waals surface area contributed by atoms with Crippen LogP contribution in [0.5, 0.6) is 0 Å². The van der Waals surface area contributed by atoms with Gasteiger partial charge in [0.15, 0.2) is 6.29 Å². The Labute approximate surface area is 90.6 Å². The van der Waals surface area contributed by atoms with Gasteiger partial charge in [-0.05, 0) is 20.3 Å². The van der Waals surface area contributed by atoms with Crippen LogP contribution in [0.3, 0.4) is 0 Å². The predicted molar refractivity (Wildman–Crippen MR) is 55.0 cm³/mol. The van der Waals surface area contributed by atoms with Crippen molar-refractivity contribution in [3.05, 3.63) is 0 Å². The second-order valence-corrected chi connectivity index (χ2v) is 3.83. The molecule has 0 aliphatic carbocycles. The second kappa shape index (κ2) is 5.77. The summed E-state index contributed by atoms with van der Waals surface area (Å²) in [5.41, 5.74) is 0. The van der Waals surface area contributed by atoms with Gasteiger partial charge in [-0.2, -0.15) is 0 Å². The first-order valence-corrected chi connectivity index (χ1v) is 5.45. The monoisotopic (exact) mass is 219 g/mol. The SMILES string of the molecule is CCC(O)OC(C)C(O)N1CCO[C@@H]1C. The van der Waals surface area contributed by atoms with Crippen LogP contribution < -0.4 is 0 Å². The summed E-state index contributed by atoms with van der Waals surface area (Å²) in [6.45, 7) is 6.78. The van der Waals surface area contributed by atoms with E-state index in [-0.39, 0.29) is 6.23 Å². The molecule has 0 aromatic carbocycles. The molecule has 1 aliphatic rings. The van der Waals surface area contributed by atoms with Gasteiger partial charge in [0, 0.05) is 6.54 Å². The lowest BCUT2D eigenvalue weighted by molar-refractivity contribution is -0.195. The summed E-state index contributed by atoms with van der Waals surface area (Å²) in [5, 5.41) is 19.2. The summed E-state index contributed by atoms with van der Waals surface area (Å²) in [4.78, 5) is 1.81. The zero-order valence-electron chi connectivity index (χ0n) is 9.59. The molecule has 1 rings (SSSR count). The molecule has 2 N–H and O–H groups in total. The summed E-state index contributed by atoms with van der Waals surface area (Å²) in [6.07, 6.45) is -1.55. The van der Waals surface area contributed by atoms with Crippen molar-refractivity contribution >= 4 is 0 Å². The molecule has 90 valence electrons. The molecule has 5 heteroatoms. The first-order chi connectivity index (χ1) is 7.06. The maximum Gasteiger partial charge on any atom is 0.154 e. The third kappa shape index (κ3) is 3.39. The van der Waals surface area contributed by atoms with E-state index in [0.29, 0.717) is 19.6 Å². The Balaban J connectivity index is 2.41. The average Bonchev–Trinajstić information content (AvgIpc) is 2.63. The average molecular weight is 219 g/mol. The highest BCUT2D eigenvalue weighted by Crippen LogP contribution is 2.16. The Hall–Kier alpha value is -0.200. The fourth-order valence-corrected chi connectivity index (χ4v) is 1.64. The van der Waals surface area contributed by atoms with E-state index in [1.807, 2.05) is 18.7 Å². The van der Waals surface area contributed by atoms with E-state index >= 15 is 0 Å². The van der Waals surface area contributed by atoms with Crippen molar-refractivity contribution in [3.63, 3.8) is 0 Å². The molecular formula is C10H21NO4. The van der Waals surface area contributed by atoms with E-state index in [9.17, 15) is 10.2 Å². The van der Waals surface area contributed by atoms with Crippen LogP contribution in [0.15, 0.2) is 0 Å². The van der Waals surface area contributed by atoms with Gasteiger partial charge in [0.25, 0.3) is 0 Å². The van der Waals surface area contributed by atoms with Crippen LogP contribution in [0, 0.1) is 0 Å². The highest BCUT2D eigenvalue weighted by Gasteiger charge is 2.31. The number of nitrogens with zero attached hydrogens (tertiary/aromatic N) is 1. The van der Waals surface area contributed by atoms with E-state index in [1.165, 1.54) is 0 Å². The van der Waals surface area contributed by atoms with Gasteiger partial charge in [0.2, 0.25) is 0 Å². The van der Waals surface area contributed by atoms with Crippen LogP contribution in [0.2, 0.25) is 0 Å². The van der Waals surface area contributed by atoms with Crippen LogP contribution >= 0.6 is 0 Å². The lowest BCUT2D eigenvalue weighted by atomic mass is 10.3. The second-order valence-electron chi connectivity index (χ2n) is 3.83. The lowest BCUT2D eigenvalue weighted by Gasteiger charge is -2.30. The maximum atomic E-state index is 9.94. The Morgan fingerprint density at radius 3 is 2.67 bits per heavy atom. The molecule has 0 radical (unpaired) electrons. The molecule has 0 spiro atoms. The number of aliphatic hydroxyl groups excluding tert-OH is 2. The Morgan fingerprint density at radius 2 is 2.20 bits per heavy atom. The molecule has 1 saturated heterocycles. The molecule has 3 unspecified atom stereocenters. The first-order valence-electron chi connectivity index (χ1n) is 5.45. The molecule has 15 heavy (non-hydrogen) atoms. The molecule has 0 amide bonds. The van der Waals surface area contributed by atoms with Gasteiger partial charge in [-0.1, -0.05) is 6.92 Å². The zero-order chi connectivity index (χ0) is 11.4. The molecular weight excluding hydrogens is 198 g/mol. The molecule has 1 fully saturated rings. The summed E-state index contributed by atoms with van der Waals surface area (Å²) >= 11 is 0. The van der Waals surface area contributed by atoms with E-state index in [4.69, 9.17) is 9.47 Å². The Kier molecular flexibility index (Phi) is 4.95. The summed E-state index contributed by atoms with van der Waals surface area (Å²) < 4.78 is 10.5. The highest BCUT2D eigenvalue weighted by atomic mass is 16.6. The number of rotatable bonds is 5. The van der Waals surface area contributed by atoms with Crippen LogP contribution in [0.25, 0.3) is 0 Å². The lowest BCUT2D eigenvalue weighted by Crippen LogP contribution is -2.46. The molecule has 1 heterocycles. The zero-order valence-corrected chi connectivity index (χ0v) is 9.59. The van der Waals surface area contributed by atoms with E-state index in [1.54, 1.807) is 6.92 Å². The first kappa shape index (κ1) is 12.9. The third-order valence-corrected chi connectivity index (χ3v) is 2.66. The Bertz CT molecular complexity index is 190.